The molecule has 0 aromatic heterocycles. The Balaban J connectivity index is 2.87. The van der Waals surface area contributed by atoms with Crippen LogP contribution in [0.2, 0.25) is 0 Å². The van der Waals surface area contributed by atoms with Gasteiger partial charge in [0, 0.05) is 5.56 Å². The van der Waals surface area contributed by atoms with E-state index < -0.39 is 23.5 Å². The number of halogens is 3. The van der Waals surface area contributed by atoms with E-state index in [1.807, 2.05) is 5.43 Å². The number of amides is 2. The topological polar surface area (TPSA) is 67.5 Å². The van der Waals surface area contributed by atoms with Crippen LogP contribution < -0.4 is 11.2 Å². The fourth-order valence-electron chi connectivity index (χ4n) is 0.820. The van der Waals surface area contributed by atoms with Gasteiger partial charge in [0.25, 0.3) is 0 Å². The smallest absolute Gasteiger partial charge is 0.332 e. The summed E-state index contributed by atoms with van der Waals surface area (Å²) in [6.45, 7) is 0. The van der Waals surface area contributed by atoms with Crippen molar-refractivity contribution < 1.29 is 18.0 Å². The number of urea groups is 1. The Labute approximate surface area is 82.6 Å². The largest absolute Gasteiger partial charge is 0.350 e. The minimum atomic E-state index is -1.56. The second-order valence-electron chi connectivity index (χ2n) is 2.53. The summed E-state index contributed by atoms with van der Waals surface area (Å²) in [4.78, 5) is 10.2. The summed E-state index contributed by atoms with van der Waals surface area (Å²) < 4.78 is 37.8. The van der Waals surface area contributed by atoms with E-state index in [0.717, 1.165) is 18.3 Å². The third kappa shape index (κ3) is 2.97. The summed E-state index contributed by atoms with van der Waals surface area (Å²) in [7, 11) is 0. The highest BCUT2D eigenvalue weighted by atomic mass is 19.2. The number of nitrogens with one attached hydrogen (secondary N) is 1. The van der Waals surface area contributed by atoms with Crippen LogP contribution in [-0.2, 0) is 0 Å². The van der Waals surface area contributed by atoms with Crippen LogP contribution in [0.4, 0.5) is 18.0 Å². The minimum absolute atomic E-state index is 0.0415. The lowest BCUT2D eigenvalue weighted by Gasteiger charge is -1.97. The highest BCUT2D eigenvalue weighted by Gasteiger charge is 2.09. The number of carbonyl (C=O) groups is 1. The summed E-state index contributed by atoms with van der Waals surface area (Å²) in [6.07, 6.45) is 0.927. The van der Waals surface area contributed by atoms with E-state index in [1.54, 1.807) is 0 Å². The molecule has 1 aromatic rings. The molecule has 1 rings (SSSR count). The van der Waals surface area contributed by atoms with Crippen molar-refractivity contribution in [2.24, 2.45) is 10.8 Å². The average molecular weight is 217 g/mol. The Morgan fingerprint density at radius 2 is 1.87 bits per heavy atom. The zero-order valence-electron chi connectivity index (χ0n) is 7.30. The van der Waals surface area contributed by atoms with E-state index in [2.05, 4.69) is 10.8 Å². The molecule has 2 amide bonds. The molecular formula is C8H6F3N3O. The molecule has 80 valence electrons. The maximum atomic E-state index is 12.6. The average Bonchev–Trinajstić information content (AvgIpc) is 2.13. The van der Waals surface area contributed by atoms with Crippen molar-refractivity contribution in [2.75, 3.05) is 0 Å². The number of primary amides is 1. The molecule has 0 aliphatic carbocycles. The van der Waals surface area contributed by atoms with E-state index >= 15 is 0 Å². The summed E-state index contributed by atoms with van der Waals surface area (Å²) in [5, 5.41) is 3.25. The van der Waals surface area contributed by atoms with Crippen LogP contribution in [0.15, 0.2) is 17.2 Å². The van der Waals surface area contributed by atoms with Crippen molar-refractivity contribution in [1.29, 1.82) is 0 Å². The fourth-order valence-corrected chi connectivity index (χ4v) is 0.820. The minimum Gasteiger partial charge on any atom is -0.350 e. The summed E-state index contributed by atoms with van der Waals surface area (Å²) in [6, 6.07) is 0.532. The van der Waals surface area contributed by atoms with Gasteiger partial charge in [-0.05, 0) is 12.1 Å². The second kappa shape index (κ2) is 4.45. The highest BCUT2D eigenvalue weighted by Crippen LogP contribution is 2.11. The molecule has 0 fully saturated rings. The van der Waals surface area contributed by atoms with Crippen LogP contribution in [0, 0.1) is 17.5 Å². The van der Waals surface area contributed by atoms with Gasteiger partial charge < -0.3 is 5.73 Å². The summed E-state index contributed by atoms with van der Waals surface area (Å²) in [5.74, 6) is -4.24. The fraction of sp³-hybridized carbons (Fsp3) is 0. The highest BCUT2D eigenvalue weighted by molar-refractivity contribution is 5.81. The molecule has 0 spiro atoms. The Morgan fingerprint density at radius 3 is 2.33 bits per heavy atom. The maximum Gasteiger partial charge on any atom is 0.332 e. The predicted molar refractivity (Wildman–Crippen MR) is 46.6 cm³/mol. The van der Waals surface area contributed by atoms with E-state index in [4.69, 9.17) is 0 Å². The second-order valence-corrected chi connectivity index (χ2v) is 2.53. The molecule has 3 N–H and O–H groups in total. The number of benzene rings is 1. The Morgan fingerprint density at radius 1 is 1.33 bits per heavy atom. The molecule has 0 aliphatic rings. The zero-order valence-corrected chi connectivity index (χ0v) is 7.30. The van der Waals surface area contributed by atoms with Crippen molar-refractivity contribution in [3.05, 3.63) is 35.1 Å². The van der Waals surface area contributed by atoms with E-state index in [-0.39, 0.29) is 5.56 Å². The van der Waals surface area contributed by atoms with E-state index in [9.17, 15) is 18.0 Å². The molecule has 0 aliphatic heterocycles. The molecule has 0 unspecified atom stereocenters. The quantitative estimate of drug-likeness (QED) is 0.435. The number of hydrazone groups is 1. The van der Waals surface area contributed by atoms with Crippen molar-refractivity contribution in [3.63, 3.8) is 0 Å². The van der Waals surface area contributed by atoms with Gasteiger partial charge in [0.1, 0.15) is 0 Å². The Bertz CT molecular complexity index is 397. The Hall–Kier alpha value is -2.05. The molecule has 0 heterocycles. The number of hydrogen-bond donors (Lipinski definition) is 2. The molecule has 0 bridgehead atoms. The lowest BCUT2D eigenvalue weighted by molar-refractivity contribution is 0.249. The predicted octanol–water partition coefficient (Wildman–Crippen LogP) is 1.11. The van der Waals surface area contributed by atoms with Gasteiger partial charge in [-0.1, -0.05) is 0 Å². The van der Waals surface area contributed by atoms with Crippen LogP contribution in [0.25, 0.3) is 0 Å². The molecular weight excluding hydrogens is 211 g/mol. The first kappa shape index (κ1) is 11.0. The molecule has 15 heavy (non-hydrogen) atoms. The molecule has 0 radical (unpaired) electrons. The maximum absolute atomic E-state index is 12.6. The van der Waals surface area contributed by atoms with Gasteiger partial charge in [-0.2, -0.15) is 5.10 Å². The number of nitrogens with zero attached hydrogens (tertiary/aromatic N) is 1. The van der Waals surface area contributed by atoms with Gasteiger partial charge in [0.2, 0.25) is 0 Å². The number of hydrogen-bond acceptors (Lipinski definition) is 2. The van der Waals surface area contributed by atoms with Gasteiger partial charge in [-0.15, -0.1) is 0 Å². The van der Waals surface area contributed by atoms with Crippen molar-refractivity contribution in [1.82, 2.24) is 5.43 Å². The molecule has 7 heteroatoms. The van der Waals surface area contributed by atoms with Crippen LogP contribution in [0.5, 0.6) is 0 Å². The van der Waals surface area contributed by atoms with Gasteiger partial charge in [0.15, 0.2) is 17.5 Å². The normalized spacial score (nSPS) is 10.6. The van der Waals surface area contributed by atoms with Crippen molar-refractivity contribution in [3.8, 4) is 0 Å². The SMILES string of the molecule is NC(=O)NN=Cc1cc(F)c(F)c(F)c1. The first-order valence-electron chi connectivity index (χ1n) is 3.73. The third-order valence-corrected chi connectivity index (χ3v) is 1.39. The molecule has 0 saturated carbocycles. The zero-order chi connectivity index (χ0) is 11.4. The molecule has 1 aromatic carbocycles. The van der Waals surface area contributed by atoms with Crippen LogP contribution in [0.1, 0.15) is 5.56 Å². The number of rotatable bonds is 2. The van der Waals surface area contributed by atoms with Crippen LogP contribution in [-0.4, -0.2) is 12.2 Å². The lowest BCUT2D eigenvalue weighted by atomic mass is 10.2. The first-order chi connectivity index (χ1) is 7.00. The van der Waals surface area contributed by atoms with E-state index in [1.165, 1.54) is 0 Å². The number of nitrogens with two attached hydrogens (primary N) is 1. The first-order valence-corrected chi connectivity index (χ1v) is 3.73. The van der Waals surface area contributed by atoms with Crippen LogP contribution >= 0.6 is 0 Å². The van der Waals surface area contributed by atoms with Gasteiger partial charge in [0.05, 0.1) is 6.21 Å². The van der Waals surface area contributed by atoms with Crippen LogP contribution in [0.3, 0.4) is 0 Å². The number of carbonyl (C=O) groups excluding carboxylic acids is 1. The van der Waals surface area contributed by atoms with Crippen molar-refractivity contribution in [2.45, 2.75) is 0 Å². The monoisotopic (exact) mass is 217 g/mol. The Kier molecular flexibility index (Phi) is 3.27. The van der Waals surface area contributed by atoms with Crippen molar-refractivity contribution >= 4 is 12.2 Å². The van der Waals surface area contributed by atoms with Gasteiger partial charge in [-0.25, -0.2) is 23.4 Å². The van der Waals surface area contributed by atoms with Gasteiger partial charge in [-0.3, -0.25) is 0 Å². The lowest BCUT2D eigenvalue weighted by Crippen LogP contribution is -2.24. The molecule has 0 saturated heterocycles. The molecule has 4 nitrogen and oxygen atoms in total. The van der Waals surface area contributed by atoms with Gasteiger partial charge >= 0.3 is 6.03 Å². The standard InChI is InChI=1S/C8H6F3N3O/c9-5-1-4(2-6(10)7(5)11)3-13-14-8(12)15/h1-3H,(H3,12,14,15). The third-order valence-electron chi connectivity index (χ3n) is 1.39. The van der Waals surface area contributed by atoms with E-state index in [0.29, 0.717) is 0 Å². The summed E-state index contributed by atoms with van der Waals surface area (Å²) >= 11 is 0. The summed E-state index contributed by atoms with van der Waals surface area (Å²) in [5.41, 5.74) is 6.44. The molecule has 0 atom stereocenters.